The zero-order valence-corrected chi connectivity index (χ0v) is 19.0. The molecule has 0 saturated carbocycles. The lowest BCUT2D eigenvalue weighted by atomic mass is 9.96. The van der Waals surface area contributed by atoms with E-state index in [1.54, 1.807) is 16.8 Å². The third-order valence-corrected chi connectivity index (χ3v) is 7.97. The fourth-order valence-electron chi connectivity index (χ4n) is 5.25. The molecule has 1 amide bonds. The number of allylic oxidation sites excluding steroid dienone is 3. The molecule has 6 rings (SSSR count). The molecular weight excluding hydrogens is 441 g/mol. The summed E-state index contributed by atoms with van der Waals surface area (Å²) >= 11 is 1.81. The molecule has 4 aliphatic rings. The Hall–Kier alpha value is -2.82. The number of rotatable bonds is 4. The van der Waals surface area contributed by atoms with E-state index in [1.807, 2.05) is 16.7 Å². The van der Waals surface area contributed by atoms with Gasteiger partial charge in [0.15, 0.2) is 11.5 Å². The summed E-state index contributed by atoms with van der Waals surface area (Å²) in [7, 11) is 0. The van der Waals surface area contributed by atoms with Crippen LogP contribution in [-0.2, 0) is 4.79 Å². The minimum Gasteiger partial charge on any atom is -0.329 e. The van der Waals surface area contributed by atoms with E-state index in [0.717, 1.165) is 61.2 Å². The van der Waals surface area contributed by atoms with Crippen molar-refractivity contribution in [2.75, 3.05) is 37.8 Å². The fourth-order valence-corrected chi connectivity index (χ4v) is 6.19. The van der Waals surface area contributed by atoms with Gasteiger partial charge in [-0.2, -0.15) is 9.27 Å². The van der Waals surface area contributed by atoms with Crippen molar-refractivity contribution in [1.82, 2.24) is 30.1 Å². The number of fused-ring (bicyclic) bond motifs is 1. The predicted molar refractivity (Wildman–Crippen MR) is 122 cm³/mol. The molecule has 1 aromatic carbocycles. The van der Waals surface area contributed by atoms with Gasteiger partial charge in [0.2, 0.25) is 0 Å². The molecule has 2 saturated heterocycles. The molecule has 0 spiro atoms. The van der Waals surface area contributed by atoms with Crippen LogP contribution in [0.2, 0.25) is 0 Å². The molecule has 4 aliphatic heterocycles. The maximum Gasteiger partial charge on any atom is 0.256 e. The molecule has 0 aliphatic carbocycles. The highest BCUT2D eigenvalue weighted by Crippen LogP contribution is 2.40. The molecule has 0 bridgehead atoms. The van der Waals surface area contributed by atoms with Crippen LogP contribution in [0.1, 0.15) is 24.6 Å². The van der Waals surface area contributed by atoms with Gasteiger partial charge in [0, 0.05) is 43.5 Å². The van der Waals surface area contributed by atoms with E-state index in [0.29, 0.717) is 11.1 Å². The smallest absolute Gasteiger partial charge is 0.256 e. The molecule has 2 aromatic rings. The Balaban J connectivity index is 1.17. The number of carbonyl (C=O) groups is 1. The molecule has 0 N–H and O–H groups in total. The van der Waals surface area contributed by atoms with Crippen LogP contribution >= 0.6 is 11.8 Å². The topological polar surface area (TPSA) is 67.2 Å². The highest BCUT2D eigenvalue weighted by molar-refractivity contribution is 7.99. The quantitative estimate of drug-likeness (QED) is 0.646. The lowest BCUT2D eigenvalue weighted by Gasteiger charge is -2.42. The van der Waals surface area contributed by atoms with E-state index in [2.05, 4.69) is 45.0 Å². The van der Waals surface area contributed by atoms with Crippen molar-refractivity contribution >= 4 is 17.7 Å². The number of amides is 1. The molecule has 2 fully saturated rings. The van der Waals surface area contributed by atoms with Crippen LogP contribution < -0.4 is 0 Å². The van der Waals surface area contributed by atoms with Gasteiger partial charge in [-0.1, -0.05) is 0 Å². The van der Waals surface area contributed by atoms with Gasteiger partial charge >= 0.3 is 0 Å². The van der Waals surface area contributed by atoms with Crippen LogP contribution in [0.4, 0.5) is 4.39 Å². The van der Waals surface area contributed by atoms with Gasteiger partial charge in [0.05, 0.1) is 17.1 Å². The van der Waals surface area contributed by atoms with Crippen LogP contribution in [0.25, 0.3) is 5.69 Å². The largest absolute Gasteiger partial charge is 0.329 e. The van der Waals surface area contributed by atoms with E-state index >= 15 is 0 Å². The van der Waals surface area contributed by atoms with Crippen molar-refractivity contribution in [3.63, 3.8) is 0 Å². The summed E-state index contributed by atoms with van der Waals surface area (Å²) in [6, 6.07) is 6.24. The Morgan fingerprint density at radius 3 is 2.73 bits per heavy atom. The highest BCUT2D eigenvalue weighted by Gasteiger charge is 2.48. The zero-order chi connectivity index (χ0) is 22.4. The standard InChI is InChI=1S/C23H25FN7OS/c24-19-3-5-20(6-4-19)30-22(25-26-27-30)17-7-9-29(10-8-17)31-12-1-2-21(31)14-18(15-31)23(32)28-11-13-33-16-28/h1-6,12,14,17H,7-11,13,15-16H2/q+1/t31-/m1/s1. The molecule has 8 nitrogen and oxygen atoms in total. The van der Waals surface area contributed by atoms with E-state index in [-0.39, 0.29) is 17.6 Å². The van der Waals surface area contributed by atoms with Crippen molar-refractivity contribution in [3.8, 4) is 5.69 Å². The van der Waals surface area contributed by atoms with Gasteiger partial charge in [-0.15, -0.1) is 21.9 Å². The lowest BCUT2D eigenvalue weighted by molar-refractivity contribution is -0.949. The van der Waals surface area contributed by atoms with Crippen molar-refractivity contribution in [3.05, 3.63) is 71.6 Å². The number of carbonyl (C=O) groups excluding carboxylic acids is 1. The van der Waals surface area contributed by atoms with Crippen molar-refractivity contribution in [2.24, 2.45) is 0 Å². The summed E-state index contributed by atoms with van der Waals surface area (Å²) in [5, 5.41) is 14.8. The second kappa shape index (κ2) is 8.19. The van der Waals surface area contributed by atoms with Crippen LogP contribution in [0.5, 0.6) is 0 Å². The van der Waals surface area contributed by atoms with Gasteiger partial charge in [0.1, 0.15) is 18.6 Å². The molecule has 10 heteroatoms. The van der Waals surface area contributed by atoms with Gasteiger partial charge < -0.3 is 4.90 Å². The lowest BCUT2D eigenvalue weighted by Crippen LogP contribution is -2.56. The van der Waals surface area contributed by atoms with E-state index in [1.165, 1.54) is 17.8 Å². The first kappa shape index (κ1) is 20.8. The number of benzene rings is 1. The Labute approximate surface area is 195 Å². The Morgan fingerprint density at radius 2 is 1.97 bits per heavy atom. The Morgan fingerprint density at radius 1 is 1.15 bits per heavy atom. The summed E-state index contributed by atoms with van der Waals surface area (Å²) in [5.74, 6) is 2.74. The number of hydrogen-bond acceptors (Lipinski definition) is 6. The minimum atomic E-state index is -0.279. The predicted octanol–water partition coefficient (Wildman–Crippen LogP) is 2.60. The molecule has 1 atom stereocenters. The van der Waals surface area contributed by atoms with Crippen molar-refractivity contribution in [1.29, 1.82) is 0 Å². The monoisotopic (exact) mass is 466 g/mol. The van der Waals surface area contributed by atoms with Crippen LogP contribution in [0, 0.1) is 5.82 Å². The number of nitrogens with zero attached hydrogens (tertiary/aromatic N) is 7. The third-order valence-electron chi connectivity index (χ3n) is 7.00. The van der Waals surface area contributed by atoms with Gasteiger partial charge in [0.25, 0.3) is 5.91 Å². The summed E-state index contributed by atoms with van der Waals surface area (Å²) < 4.78 is 15.7. The molecule has 0 radical (unpaired) electrons. The first-order chi connectivity index (χ1) is 16.1. The summed E-state index contributed by atoms with van der Waals surface area (Å²) in [4.78, 5) is 15.0. The number of piperidine rings is 1. The van der Waals surface area contributed by atoms with E-state index in [4.69, 9.17) is 0 Å². The molecule has 170 valence electrons. The van der Waals surface area contributed by atoms with Crippen LogP contribution in [0.15, 0.2) is 60.0 Å². The SMILES string of the molecule is O=C(C1=CC2=CC=C[N@@+]2(N2CCC(c3nnnn3-c3ccc(F)cc3)CC2)C1)N1CCSC1. The molecule has 5 heterocycles. The van der Waals surface area contributed by atoms with Crippen LogP contribution in [0.3, 0.4) is 0 Å². The molecular formula is C23H25FN7OS+. The number of tetrazole rings is 1. The van der Waals surface area contributed by atoms with Gasteiger partial charge in [-0.25, -0.2) is 4.39 Å². The van der Waals surface area contributed by atoms with Crippen LogP contribution in [-0.4, -0.2) is 78.4 Å². The summed E-state index contributed by atoms with van der Waals surface area (Å²) in [5.41, 5.74) is 2.83. The average Bonchev–Trinajstić information content (AvgIpc) is 3.63. The number of hydrogen-bond donors (Lipinski definition) is 0. The number of thioether (sulfide) groups is 1. The van der Waals surface area contributed by atoms with Crippen molar-refractivity contribution in [2.45, 2.75) is 18.8 Å². The Bertz CT molecular complexity index is 1160. The van der Waals surface area contributed by atoms with Gasteiger partial charge in [-0.05, 0) is 53.6 Å². The van der Waals surface area contributed by atoms with Gasteiger partial charge in [-0.3, -0.25) is 4.79 Å². The second-order valence-electron chi connectivity index (χ2n) is 8.85. The first-order valence-corrected chi connectivity index (χ1v) is 12.4. The van der Waals surface area contributed by atoms with E-state index < -0.39 is 0 Å². The third kappa shape index (κ3) is 3.53. The molecule has 33 heavy (non-hydrogen) atoms. The second-order valence-corrected chi connectivity index (χ2v) is 9.92. The fraction of sp³-hybridized carbons (Fsp3) is 0.391. The number of quaternary nitrogens is 1. The summed E-state index contributed by atoms with van der Waals surface area (Å²) in [6.07, 6.45) is 10.3. The summed E-state index contributed by atoms with van der Waals surface area (Å²) in [6.45, 7) is 3.26. The normalized spacial score (nSPS) is 25.4. The first-order valence-electron chi connectivity index (χ1n) is 11.3. The zero-order valence-electron chi connectivity index (χ0n) is 18.2. The Kier molecular flexibility index (Phi) is 5.16. The number of aromatic nitrogens is 4. The molecule has 0 unspecified atom stereocenters. The maximum absolute atomic E-state index is 13.3. The maximum atomic E-state index is 13.3. The minimum absolute atomic E-state index is 0.176. The van der Waals surface area contributed by atoms with E-state index in [9.17, 15) is 9.18 Å². The highest BCUT2D eigenvalue weighted by atomic mass is 32.2. The molecule has 1 aromatic heterocycles. The average molecular weight is 467 g/mol. The van der Waals surface area contributed by atoms with Crippen molar-refractivity contribution < 1.29 is 13.8 Å². The number of halogens is 1.